The second-order valence-electron chi connectivity index (χ2n) is 4.03. The number of methoxy groups -OCH3 is 1. The Morgan fingerprint density at radius 2 is 1.95 bits per heavy atom. The number of benzene rings is 2. The molecule has 0 bridgehead atoms. The molecule has 0 radical (unpaired) electrons. The van der Waals surface area contributed by atoms with Crippen LogP contribution in [-0.4, -0.2) is 12.9 Å². The molecule has 2 nitrogen and oxygen atoms in total. The molecule has 0 saturated heterocycles. The minimum absolute atomic E-state index is 0.791. The average Bonchev–Trinajstić information content (AvgIpc) is 2.46. The fourth-order valence-electron chi connectivity index (χ4n) is 1.65. The largest absolute Gasteiger partial charge is 0.497 e. The van der Waals surface area contributed by atoms with E-state index in [1.165, 1.54) is 5.56 Å². The van der Waals surface area contributed by atoms with Gasteiger partial charge in [0.2, 0.25) is 0 Å². The van der Waals surface area contributed by atoms with Gasteiger partial charge in [-0.2, -0.15) is 0 Å². The van der Waals surface area contributed by atoms with Crippen molar-refractivity contribution in [3.8, 4) is 5.75 Å². The minimum Gasteiger partial charge on any atom is -0.497 e. The first-order valence-corrected chi connectivity index (χ1v) is 7.06. The molecule has 0 aliphatic carbocycles. The van der Waals surface area contributed by atoms with Gasteiger partial charge in [0.1, 0.15) is 5.75 Å². The van der Waals surface area contributed by atoms with E-state index in [2.05, 4.69) is 24.3 Å². The number of hydrogen-bond donors (Lipinski definition) is 1. The Morgan fingerprint density at radius 1 is 1.16 bits per heavy atom. The maximum atomic E-state index is 5.94. The third kappa shape index (κ3) is 4.07. The second kappa shape index (κ2) is 6.90. The second-order valence-corrected chi connectivity index (χ2v) is 5.09. The topological polar surface area (TPSA) is 35.2 Å². The van der Waals surface area contributed by atoms with Crippen molar-refractivity contribution >= 4 is 23.5 Å². The summed E-state index contributed by atoms with van der Waals surface area (Å²) in [6.07, 6.45) is 4.25. The van der Waals surface area contributed by atoms with E-state index in [0.717, 1.165) is 22.1 Å². The van der Waals surface area contributed by atoms with Crippen LogP contribution in [0.15, 0.2) is 59.5 Å². The lowest BCUT2D eigenvalue weighted by molar-refractivity contribution is 0.414. The maximum absolute atomic E-state index is 5.94. The Balaban J connectivity index is 1.94. The average molecular weight is 271 g/mol. The Labute approximate surface area is 118 Å². The molecular weight excluding hydrogens is 254 g/mol. The summed E-state index contributed by atoms with van der Waals surface area (Å²) in [6.45, 7) is 0. The van der Waals surface area contributed by atoms with Crippen LogP contribution in [0.1, 0.15) is 5.56 Å². The van der Waals surface area contributed by atoms with E-state index in [9.17, 15) is 0 Å². The quantitative estimate of drug-likeness (QED) is 0.657. The molecule has 2 N–H and O–H groups in total. The van der Waals surface area contributed by atoms with Crippen molar-refractivity contribution in [2.45, 2.75) is 4.90 Å². The number of anilines is 1. The van der Waals surface area contributed by atoms with Crippen molar-refractivity contribution in [2.75, 3.05) is 18.6 Å². The molecule has 0 heterocycles. The highest BCUT2D eigenvalue weighted by molar-refractivity contribution is 7.99. The lowest BCUT2D eigenvalue weighted by atomic mass is 10.2. The molecular formula is C16H17NOS. The van der Waals surface area contributed by atoms with Crippen LogP contribution in [0.3, 0.4) is 0 Å². The van der Waals surface area contributed by atoms with Crippen LogP contribution in [0.2, 0.25) is 0 Å². The predicted molar refractivity (Wildman–Crippen MR) is 83.6 cm³/mol. The van der Waals surface area contributed by atoms with Crippen molar-refractivity contribution in [1.82, 2.24) is 0 Å². The van der Waals surface area contributed by atoms with Gasteiger partial charge in [-0.05, 0) is 23.8 Å². The number of nitrogens with two attached hydrogens (primary N) is 1. The minimum atomic E-state index is 0.791. The molecule has 0 aliphatic heterocycles. The number of nitrogen functional groups attached to an aromatic ring is 1. The van der Waals surface area contributed by atoms with Gasteiger partial charge in [-0.3, -0.25) is 0 Å². The van der Waals surface area contributed by atoms with Gasteiger partial charge in [0.25, 0.3) is 0 Å². The number of ether oxygens (including phenoxy) is 1. The SMILES string of the molecule is COc1ccc(N)c(SCC=Cc2ccccc2)c1. The van der Waals surface area contributed by atoms with Gasteiger partial charge in [-0.1, -0.05) is 42.5 Å². The molecule has 2 aromatic carbocycles. The summed E-state index contributed by atoms with van der Waals surface area (Å²) in [5.74, 6) is 1.72. The highest BCUT2D eigenvalue weighted by atomic mass is 32.2. The third-order valence-corrected chi connectivity index (χ3v) is 3.69. The van der Waals surface area contributed by atoms with Gasteiger partial charge < -0.3 is 10.5 Å². The first-order valence-electron chi connectivity index (χ1n) is 6.07. The Hall–Kier alpha value is -1.87. The van der Waals surface area contributed by atoms with Crippen LogP contribution in [-0.2, 0) is 0 Å². The molecule has 0 amide bonds. The molecule has 2 aromatic rings. The molecule has 98 valence electrons. The fourth-order valence-corrected chi connectivity index (χ4v) is 2.46. The van der Waals surface area contributed by atoms with Gasteiger partial charge in [-0.15, -0.1) is 11.8 Å². The Bertz CT molecular complexity index is 552. The van der Waals surface area contributed by atoms with E-state index in [-0.39, 0.29) is 0 Å². The van der Waals surface area contributed by atoms with Crippen LogP contribution < -0.4 is 10.5 Å². The van der Waals surface area contributed by atoms with Gasteiger partial charge in [-0.25, -0.2) is 0 Å². The zero-order valence-corrected chi connectivity index (χ0v) is 11.7. The van der Waals surface area contributed by atoms with Crippen LogP contribution in [0.5, 0.6) is 5.75 Å². The number of hydrogen-bond acceptors (Lipinski definition) is 3. The van der Waals surface area contributed by atoms with Crippen LogP contribution in [0.25, 0.3) is 6.08 Å². The summed E-state index contributed by atoms with van der Waals surface area (Å²) < 4.78 is 5.20. The first-order chi connectivity index (χ1) is 9.29. The molecule has 0 unspecified atom stereocenters. The molecule has 0 saturated carbocycles. The van der Waals surface area contributed by atoms with Gasteiger partial charge >= 0.3 is 0 Å². The molecule has 0 aromatic heterocycles. The van der Waals surface area contributed by atoms with E-state index >= 15 is 0 Å². The summed E-state index contributed by atoms with van der Waals surface area (Å²) in [5.41, 5.74) is 7.94. The zero-order chi connectivity index (χ0) is 13.5. The summed E-state index contributed by atoms with van der Waals surface area (Å²) in [6, 6.07) is 16.0. The van der Waals surface area contributed by atoms with E-state index in [1.54, 1.807) is 18.9 Å². The standard InChI is InChI=1S/C16H17NOS/c1-18-14-9-10-15(17)16(12-14)19-11-5-8-13-6-3-2-4-7-13/h2-10,12H,11,17H2,1H3. The smallest absolute Gasteiger partial charge is 0.120 e. The predicted octanol–water partition coefficient (Wildman–Crippen LogP) is 4.08. The highest BCUT2D eigenvalue weighted by Crippen LogP contribution is 2.29. The molecule has 0 spiro atoms. The van der Waals surface area contributed by atoms with Crippen molar-refractivity contribution in [2.24, 2.45) is 0 Å². The van der Waals surface area contributed by atoms with Gasteiger partial charge in [0, 0.05) is 16.3 Å². The van der Waals surface area contributed by atoms with Gasteiger partial charge in [0.15, 0.2) is 0 Å². The third-order valence-electron chi connectivity index (χ3n) is 2.67. The van der Waals surface area contributed by atoms with E-state index in [1.807, 2.05) is 36.4 Å². The summed E-state index contributed by atoms with van der Waals surface area (Å²) in [4.78, 5) is 1.05. The van der Waals surface area contributed by atoms with E-state index < -0.39 is 0 Å². The lowest BCUT2D eigenvalue weighted by Gasteiger charge is -2.06. The van der Waals surface area contributed by atoms with Crippen molar-refractivity contribution < 1.29 is 4.74 Å². The maximum Gasteiger partial charge on any atom is 0.120 e. The molecule has 0 atom stereocenters. The fraction of sp³-hybridized carbons (Fsp3) is 0.125. The van der Waals surface area contributed by atoms with Crippen LogP contribution in [0, 0.1) is 0 Å². The monoisotopic (exact) mass is 271 g/mol. The van der Waals surface area contributed by atoms with Gasteiger partial charge in [0.05, 0.1) is 7.11 Å². The Morgan fingerprint density at radius 3 is 2.68 bits per heavy atom. The van der Waals surface area contributed by atoms with Crippen LogP contribution in [0.4, 0.5) is 5.69 Å². The molecule has 0 aliphatic rings. The first kappa shape index (κ1) is 13.6. The lowest BCUT2D eigenvalue weighted by Crippen LogP contribution is -1.90. The Kier molecular flexibility index (Phi) is 4.93. The highest BCUT2D eigenvalue weighted by Gasteiger charge is 2.01. The van der Waals surface area contributed by atoms with Crippen LogP contribution >= 0.6 is 11.8 Å². The molecule has 19 heavy (non-hydrogen) atoms. The number of thioether (sulfide) groups is 1. The van der Waals surface area contributed by atoms with Crippen molar-refractivity contribution in [3.05, 3.63) is 60.2 Å². The molecule has 3 heteroatoms. The normalized spacial score (nSPS) is 10.8. The summed E-state index contributed by atoms with van der Waals surface area (Å²) in [7, 11) is 1.66. The van der Waals surface area contributed by atoms with Crippen molar-refractivity contribution in [1.29, 1.82) is 0 Å². The molecule has 0 fully saturated rings. The van der Waals surface area contributed by atoms with E-state index in [0.29, 0.717) is 0 Å². The van der Waals surface area contributed by atoms with E-state index in [4.69, 9.17) is 10.5 Å². The molecule has 2 rings (SSSR count). The number of rotatable bonds is 5. The van der Waals surface area contributed by atoms with Crippen molar-refractivity contribution in [3.63, 3.8) is 0 Å². The zero-order valence-electron chi connectivity index (χ0n) is 10.9. The summed E-state index contributed by atoms with van der Waals surface area (Å²) >= 11 is 1.70. The summed E-state index contributed by atoms with van der Waals surface area (Å²) in [5, 5.41) is 0.